The molecular weight excluding hydrogens is 588 g/mol. The van der Waals surface area contributed by atoms with Gasteiger partial charge in [0.1, 0.15) is 11.7 Å². The van der Waals surface area contributed by atoms with Crippen molar-refractivity contribution in [3.8, 4) is 0 Å². The Balaban J connectivity index is 1.95. The van der Waals surface area contributed by atoms with Crippen molar-refractivity contribution in [2.45, 2.75) is 44.2 Å². The van der Waals surface area contributed by atoms with E-state index < -0.39 is 58.4 Å². The number of benzene rings is 2. The smallest absolute Gasteiger partial charge is 0.336 e. The van der Waals surface area contributed by atoms with Crippen LogP contribution in [0.1, 0.15) is 52.7 Å². The highest BCUT2D eigenvalue weighted by Gasteiger charge is 2.41. The summed E-state index contributed by atoms with van der Waals surface area (Å²) in [6.45, 7) is 1.34. The molecule has 2 atom stereocenters. The van der Waals surface area contributed by atoms with Gasteiger partial charge in [-0.05, 0) is 55.7 Å². The van der Waals surface area contributed by atoms with Gasteiger partial charge in [0, 0.05) is 11.5 Å². The Morgan fingerprint density at radius 3 is 2.05 bits per heavy atom. The van der Waals surface area contributed by atoms with Gasteiger partial charge in [-0.1, -0.05) is 40.9 Å². The molecule has 2 amide bonds. The number of hydrogen-bond donors (Lipinski definition) is 2. The molecule has 1 aliphatic rings. The summed E-state index contributed by atoms with van der Waals surface area (Å²) in [7, 11) is 0. The van der Waals surface area contributed by atoms with E-state index in [0.29, 0.717) is 18.9 Å². The zero-order chi connectivity index (χ0) is 28.6. The summed E-state index contributed by atoms with van der Waals surface area (Å²) in [5, 5.41) is 3.73. The van der Waals surface area contributed by atoms with Crippen LogP contribution in [-0.2, 0) is 11.0 Å². The third-order valence-electron chi connectivity index (χ3n) is 5.53. The van der Waals surface area contributed by atoms with Gasteiger partial charge in [-0.15, -0.1) is 0 Å². The molecule has 206 valence electrons. The molecule has 2 aromatic carbocycles. The van der Waals surface area contributed by atoms with E-state index in [9.17, 15) is 40.3 Å². The second-order valence-corrected chi connectivity index (χ2v) is 9.76. The van der Waals surface area contributed by atoms with E-state index in [-0.39, 0.29) is 39.0 Å². The van der Waals surface area contributed by atoms with Crippen LogP contribution >= 0.6 is 34.8 Å². The third-order valence-corrected chi connectivity index (χ3v) is 6.73. The second kappa shape index (κ2) is 11.3. The fourth-order valence-corrected chi connectivity index (χ4v) is 4.10. The van der Waals surface area contributed by atoms with E-state index in [1.165, 1.54) is 6.92 Å². The number of rotatable bonds is 7. The molecule has 14 heteroatoms. The van der Waals surface area contributed by atoms with Crippen molar-refractivity contribution in [2.24, 2.45) is 5.92 Å². The van der Waals surface area contributed by atoms with Crippen molar-refractivity contribution in [1.29, 1.82) is 0 Å². The van der Waals surface area contributed by atoms with Crippen molar-refractivity contribution in [1.82, 2.24) is 10.6 Å². The normalized spacial score (nSPS) is 16.1. The van der Waals surface area contributed by atoms with Crippen molar-refractivity contribution in [3.63, 3.8) is 0 Å². The predicted octanol–water partition coefficient (Wildman–Crippen LogP) is 7.92. The molecule has 2 N–H and O–H groups in total. The Morgan fingerprint density at radius 1 is 0.974 bits per heavy atom. The van der Waals surface area contributed by atoms with Crippen LogP contribution < -0.4 is 10.6 Å². The Kier molecular flexibility index (Phi) is 8.95. The minimum absolute atomic E-state index is 0.0701. The summed E-state index contributed by atoms with van der Waals surface area (Å²) >= 11 is 17.3. The number of hydrogen-bond acceptors (Lipinski definition) is 2. The molecule has 0 saturated heterocycles. The molecule has 1 aliphatic carbocycles. The number of amides is 2. The topological polar surface area (TPSA) is 58.2 Å². The van der Waals surface area contributed by atoms with Crippen LogP contribution in [0.15, 0.2) is 36.4 Å². The highest BCUT2D eigenvalue weighted by atomic mass is 35.5. The number of halogens is 10. The van der Waals surface area contributed by atoms with Crippen LogP contribution in [0, 0.1) is 5.92 Å². The maximum absolute atomic E-state index is 15.0. The molecule has 0 heterocycles. The van der Waals surface area contributed by atoms with Crippen LogP contribution in [0.25, 0.3) is 5.83 Å². The van der Waals surface area contributed by atoms with E-state index in [2.05, 4.69) is 10.6 Å². The van der Waals surface area contributed by atoms with Gasteiger partial charge >= 0.3 is 12.4 Å². The standard InChI is InChI=1S/C24H18Cl3F7N2O2/c1-10(35-21(37)11-2-3-11)36-22(38)14-5-4-12(6-16(14)24(32,33)34)19(28)9-15(23(29,30)31)13-7-17(25)20(27)18(26)8-13/h4-11,15H,2-3H2,1H3,(H,35,37)(H,36,38)/b19-9-. The van der Waals surface area contributed by atoms with E-state index in [0.717, 1.165) is 18.2 Å². The van der Waals surface area contributed by atoms with Crippen molar-refractivity contribution < 1.29 is 40.3 Å². The zero-order valence-electron chi connectivity index (χ0n) is 19.2. The minimum Gasteiger partial charge on any atom is -0.336 e. The van der Waals surface area contributed by atoms with Crippen LogP contribution in [0.4, 0.5) is 30.7 Å². The summed E-state index contributed by atoms with van der Waals surface area (Å²) in [6, 6.07) is 3.22. The molecule has 2 aromatic rings. The van der Waals surface area contributed by atoms with Crippen LogP contribution in [-0.4, -0.2) is 24.2 Å². The molecule has 1 saturated carbocycles. The maximum Gasteiger partial charge on any atom is 0.417 e. The number of carbonyl (C=O) groups excluding carboxylic acids is 2. The summed E-state index contributed by atoms with van der Waals surface area (Å²) in [5.41, 5.74) is -3.95. The Hall–Kier alpha value is -2.50. The fraction of sp³-hybridized carbons (Fsp3) is 0.333. The number of carbonyl (C=O) groups is 2. The first-order valence-electron chi connectivity index (χ1n) is 10.9. The first-order valence-corrected chi connectivity index (χ1v) is 12.0. The van der Waals surface area contributed by atoms with E-state index >= 15 is 0 Å². The molecule has 4 nitrogen and oxygen atoms in total. The third kappa shape index (κ3) is 7.33. The van der Waals surface area contributed by atoms with Gasteiger partial charge in [-0.25, -0.2) is 4.39 Å². The Morgan fingerprint density at radius 2 is 1.55 bits per heavy atom. The molecule has 2 unspecified atom stereocenters. The van der Waals surface area contributed by atoms with E-state index in [1.54, 1.807) is 0 Å². The largest absolute Gasteiger partial charge is 0.417 e. The maximum atomic E-state index is 15.0. The first-order chi connectivity index (χ1) is 17.5. The summed E-state index contributed by atoms with van der Waals surface area (Å²) in [5.74, 6) is -6.08. The van der Waals surface area contributed by atoms with Crippen molar-refractivity contribution in [2.75, 3.05) is 0 Å². The Bertz CT molecular complexity index is 1250. The SMILES string of the molecule is CC(NC(=O)c1ccc(/C(F)=C/C(c2cc(Cl)c(Cl)c(Cl)c2)C(F)(F)F)cc1C(F)(F)F)NC(=O)C1CC1. The van der Waals surface area contributed by atoms with Gasteiger partial charge in [0.2, 0.25) is 5.91 Å². The van der Waals surface area contributed by atoms with Gasteiger partial charge in [0.15, 0.2) is 0 Å². The zero-order valence-corrected chi connectivity index (χ0v) is 21.5. The lowest BCUT2D eigenvalue weighted by Crippen LogP contribution is -2.46. The average Bonchev–Trinajstić information content (AvgIpc) is 3.64. The minimum atomic E-state index is -5.16. The highest BCUT2D eigenvalue weighted by Crippen LogP contribution is 2.43. The number of nitrogens with one attached hydrogen (secondary N) is 2. The highest BCUT2D eigenvalue weighted by molar-refractivity contribution is 6.48. The second-order valence-electron chi connectivity index (χ2n) is 8.57. The van der Waals surface area contributed by atoms with Gasteiger partial charge < -0.3 is 10.6 Å². The Labute approximate surface area is 227 Å². The lowest BCUT2D eigenvalue weighted by Gasteiger charge is -2.20. The first kappa shape index (κ1) is 30.0. The monoisotopic (exact) mass is 604 g/mol. The van der Waals surface area contributed by atoms with Gasteiger partial charge in [-0.2, -0.15) is 26.3 Å². The van der Waals surface area contributed by atoms with Gasteiger partial charge in [0.25, 0.3) is 5.91 Å². The lowest BCUT2D eigenvalue weighted by atomic mass is 9.95. The van der Waals surface area contributed by atoms with Crippen LogP contribution in [0.3, 0.4) is 0 Å². The van der Waals surface area contributed by atoms with Crippen LogP contribution in [0.2, 0.25) is 15.1 Å². The molecule has 0 aromatic heterocycles. The number of allylic oxidation sites excluding steroid dienone is 1. The van der Waals surface area contributed by atoms with Gasteiger partial charge in [0.05, 0.1) is 32.4 Å². The molecular formula is C24H18Cl3F7N2O2. The molecule has 3 rings (SSSR count). The van der Waals surface area contributed by atoms with E-state index in [4.69, 9.17) is 34.8 Å². The molecule has 38 heavy (non-hydrogen) atoms. The van der Waals surface area contributed by atoms with E-state index in [1.807, 2.05) is 0 Å². The number of alkyl halides is 6. The molecule has 0 aliphatic heterocycles. The van der Waals surface area contributed by atoms with Crippen molar-refractivity contribution in [3.05, 3.63) is 73.7 Å². The van der Waals surface area contributed by atoms with Crippen molar-refractivity contribution >= 4 is 52.4 Å². The predicted molar refractivity (Wildman–Crippen MR) is 129 cm³/mol. The molecule has 1 fully saturated rings. The molecule has 0 spiro atoms. The summed E-state index contributed by atoms with van der Waals surface area (Å²) in [6.07, 6.45) is -9.86. The summed E-state index contributed by atoms with van der Waals surface area (Å²) in [4.78, 5) is 24.3. The molecule has 0 bridgehead atoms. The lowest BCUT2D eigenvalue weighted by molar-refractivity contribution is -0.140. The summed E-state index contributed by atoms with van der Waals surface area (Å²) < 4.78 is 97.5. The fourth-order valence-electron chi connectivity index (χ4n) is 3.49. The molecule has 0 radical (unpaired) electrons. The van der Waals surface area contributed by atoms with Gasteiger partial charge in [-0.3, -0.25) is 9.59 Å². The quantitative estimate of drug-likeness (QED) is 0.191. The average molecular weight is 606 g/mol. The van der Waals surface area contributed by atoms with Crippen LogP contribution in [0.5, 0.6) is 0 Å².